The molecule has 1 saturated carbocycles. The first-order chi connectivity index (χ1) is 14.3. The van der Waals surface area contributed by atoms with Crippen LogP contribution in [0.3, 0.4) is 0 Å². The molecular weight excluding hydrogens is 470 g/mol. The minimum Gasteiger partial charge on any atom is -0.349 e. The Kier molecular flexibility index (Phi) is 5.95. The first kappa shape index (κ1) is 21.0. The van der Waals surface area contributed by atoms with E-state index in [0.29, 0.717) is 28.8 Å². The third-order valence-electron chi connectivity index (χ3n) is 5.18. The molecule has 158 valence electrons. The number of anilines is 1. The summed E-state index contributed by atoms with van der Waals surface area (Å²) >= 11 is 3.33. The first-order valence-corrected chi connectivity index (χ1v) is 12.1. The van der Waals surface area contributed by atoms with Crippen LogP contribution in [-0.2, 0) is 10.0 Å². The predicted molar refractivity (Wildman–Crippen MR) is 117 cm³/mol. The monoisotopic (exact) mass is 491 g/mol. The number of halogens is 1. The summed E-state index contributed by atoms with van der Waals surface area (Å²) in [6.07, 6.45) is 3.67. The van der Waals surface area contributed by atoms with E-state index in [1.165, 1.54) is 16.4 Å². The second-order valence-corrected chi connectivity index (χ2v) is 10.3. The van der Waals surface area contributed by atoms with Crippen molar-refractivity contribution in [1.82, 2.24) is 9.62 Å². The fraction of sp³-hybridized carbons (Fsp3) is 0.333. The van der Waals surface area contributed by atoms with Crippen molar-refractivity contribution in [3.8, 4) is 0 Å². The van der Waals surface area contributed by atoms with E-state index in [1.54, 1.807) is 30.3 Å². The molecule has 2 aliphatic rings. The minimum atomic E-state index is -3.63. The maximum atomic E-state index is 12.9. The number of hydrogen-bond donors (Lipinski definition) is 2. The third-order valence-corrected chi connectivity index (χ3v) is 7.77. The van der Waals surface area contributed by atoms with Gasteiger partial charge in [-0.1, -0.05) is 6.07 Å². The van der Waals surface area contributed by atoms with Crippen LogP contribution in [0.2, 0.25) is 0 Å². The molecule has 7 nitrogen and oxygen atoms in total. The molecule has 2 fully saturated rings. The van der Waals surface area contributed by atoms with E-state index in [9.17, 15) is 18.0 Å². The van der Waals surface area contributed by atoms with E-state index < -0.39 is 15.9 Å². The van der Waals surface area contributed by atoms with Crippen molar-refractivity contribution in [3.63, 3.8) is 0 Å². The summed E-state index contributed by atoms with van der Waals surface area (Å²) in [4.78, 5) is 25.2. The SMILES string of the molecule is O=C(NC1CC1)c1cccc(NC(=O)c2cc(S(=O)(=O)N3CCCC3)ccc2Br)c1. The molecule has 2 aromatic rings. The molecule has 2 N–H and O–H groups in total. The lowest BCUT2D eigenvalue weighted by atomic mass is 10.1. The van der Waals surface area contributed by atoms with Gasteiger partial charge in [-0.2, -0.15) is 4.31 Å². The van der Waals surface area contributed by atoms with E-state index in [4.69, 9.17) is 0 Å². The second-order valence-electron chi connectivity index (χ2n) is 7.54. The lowest BCUT2D eigenvalue weighted by molar-refractivity contribution is 0.0949. The van der Waals surface area contributed by atoms with Crippen molar-refractivity contribution >= 4 is 43.5 Å². The van der Waals surface area contributed by atoms with Crippen LogP contribution in [0.15, 0.2) is 51.8 Å². The van der Waals surface area contributed by atoms with E-state index in [0.717, 1.165) is 25.7 Å². The second kappa shape index (κ2) is 8.49. The number of amides is 2. The van der Waals surface area contributed by atoms with Crippen molar-refractivity contribution in [1.29, 1.82) is 0 Å². The highest BCUT2D eigenvalue weighted by Crippen LogP contribution is 2.26. The van der Waals surface area contributed by atoms with Crippen LogP contribution in [0.1, 0.15) is 46.4 Å². The first-order valence-electron chi connectivity index (χ1n) is 9.86. The van der Waals surface area contributed by atoms with Gasteiger partial charge in [0.2, 0.25) is 10.0 Å². The molecule has 0 aromatic heterocycles. The number of benzene rings is 2. The largest absolute Gasteiger partial charge is 0.349 e. The smallest absolute Gasteiger partial charge is 0.256 e. The van der Waals surface area contributed by atoms with Gasteiger partial charge in [-0.25, -0.2) is 8.42 Å². The van der Waals surface area contributed by atoms with Gasteiger partial charge in [-0.15, -0.1) is 0 Å². The van der Waals surface area contributed by atoms with Crippen molar-refractivity contribution in [3.05, 3.63) is 58.1 Å². The Hall–Kier alpha value is -2.23. The van der Waals surface area contributed by atoms with Crippen molar-refractivity contribution in [2.45, 2.75) is 36.6 Å². The molecule has 30 heavy (non-hydrogen) atoms. The lowest BCUT2D eigenvalue weighted by Crippen LogP contribution is -2.28. The van der Waals surface area contributed by atoms with Crippen molar-refractivity contribution in [2.75, 3.05) is 18.4 Å². The Morgan fingerprint density at radius 2 is 1.73 bits per heavy atom. The van der Waals surface area contributed by atoms with Crippen molar-refractivity contribution in [2.24, 2.45) is 0 Å². The minimum absolute atomic E-state index is 0.0929. The average molecular weight is 492 g/mol. The summed E-state index contributed by atoms with van der Waals surface area (Å²) in [7, 11) is -3.63. The molecule has 0 atom stereocenters. The summed E-state index contributed by atoms with van der Waals surface area (Å²) in [5.74, 6) is -0.631. The van der Waals surface area contributed by atoms with Gasteiger partial charge in [0.15, 0.2) is 0 Å². The number of nitrogens with one attached hydrogen (secondary N) is 2. The van der Waals surface area contributed by atoms with Gasteiger partial charge >= 0.3 is 0 Å². The average Bonchev–Trinajstić information content (AvgIpc) is 3.35. The van der Waals surface area contributed by atoms with Gasteiger partial charge in [0.05, 0.1) is 10.5 Å². The fourth-order valence-electron chi connectivity index (χ4n) is 3.35. The maximum Gasteiger partial charge on any atom is 0.256 e. The summed E-state index contributed by atoms with van der Waals surface area (Å²) < 4.78 is 27.6. The molecular formula is C21H22BrN3O4S. The highest BCUT2D eigenvalue weighted by Gasteiger charge is 2.28. The number of rotatable bonds is 6. The van der Waals surface area contributed by atoms with Gasteiger partial charge in [0.1, 0.15) is 0 Å². The predicted octanol–water partition coefficient (Wildman–Crippen LogP) is 3.38. The van der Waals surface area contributed by atoms with Crippen LogP contribution in [0.25, 0.3) is 0 Å². The van der Waals surface area contributed by atoms with Crippen molar-refractivity contribution < 1.29 is 18.0 Å². The Morgan fingerprint density at radius 3 is 2.43 bits per heavy atom. The summed E-state index contributed by atoms with van der Waals surface area (Å²) in [5, 5.41) is 5.67. The molecule has 1 aliphatic heterocycles. The zero-order valence-electron chi connectivity index (χ0n) is 16.2. The quantitative estimate of drug-likeness (QED) is 0.647. The number of sulfonamides is 1. The zero-order valence-corrected chi connectivity index (χ0v) is 18.6. The van der Waals surface area contributed by atoms with Gasteiger partial charge in [-0.05, 0) is 78.0 Å². The van der Waals surface area contributed by atoms with Crippen LogP contribution in [0.5, 0.6) is 0 Å². The molecule has 2 amide bonds. The lowest BCUT2D eigenvalue weighted by Gasteiger charge is -2.16. The summed E-state index contributed by atoms with van der Waals surface area (Å²) in [5.41, 5.74) is 1.13. The Labute approximate surface area is 184 Å². The molecule has 2 aromatic carbocycles. The summed E-state index contributed by atoms with van der Waals surface area (Å²) in [6, 6.07) is 11.4. The van der Waals surface area contributed by atoms with Gasteiger partial charge in [0, 0.05) is 34.9 Å². The Morgan fingerprint density at radius 1 is 1.00 bits per heavy atom. The van der Waals surface area contributed by atoms with Gasteiger partial charge in [0.25, 0.3) is 11.8 Å². The Bertz CT molecular complexity index is 1090. The van der Waals surface area contributed by atoms with Crippen LogP contribution in [-0.4, -0.2) is 43.7 Å². The number of hydrogen-bond acceptors (Lipinski definition) is 4. The molecule has 4 rings (SSSR count). The molecule has 1 aliphatic carbocycles. The fourth-order valence-corrected chi connectivity index (χ4v) is 5.32. The van der Waals surface area contributed by atoms with E-state index in [-0.39, 0.29) is 22.4 Å². The van der Waals surface area contributed by atoms with Crippen LogP contribution >= 0.6 is 15.9 Å². The molecule has 9 heteroatoms. The molecule has 0 bridgehead atoms. The van der Waals surface area contributed by atoms with Gasteiger partial charge < -0.3 is 10.6 Å². The van der Waals surface area contributed by atoms with E-state index in [1.807, 2.05) is 0 Å². The topological polar surface area (TPSA) is 95.6 Å². The van der Waals surface area contributed by atoms with Crippen LogP contribution < -0.4 is 10.6 Å². The number of carbonyl (C=O) groups excluding carboxylic acids is 2. The highest BCUT2D eigenvalue weighted by atomic mass is 79.9. The molecule has 0 radical (unpaired) electrons. The third kappa shape index (κ3) is 4.58. The molecule has 0 unspecified atom stereocenters. The Balaban J connectivity index is 1.54. The molecule has 0 spiro atoms. The van der Waals surface area contributed by atoms with E-state index >= 15 is 0 Å². The summed E-state index contributed by atoms with van der Waals surface area (Å²) in [6.45, 7) is 0.991. The number of carbonyl (C=O) groups is 2. The van der Waals surface area contributed by atoms with Crippen LogP contribution in [0, 0.1) is 0 Å². The molecule has 1 heterocycles. The number of nitrogens with zero attached hydrogens (tertiary/aromatic N) is 1. The standard InChI is InChI=1S/C21H22BrN3O4S/c22-19-9-8-17(30(28,29)25-10-1-2-11-25)13-18(19)21(27)24-16-5-3-4-14(12-16)20(26)23-15-6-7-15/h3-5,8-9,12-13,15H,1-2,6-7,10-11H2,(H,23,26)(H,24,27). The van der Waals surface area contributed by atoms with Crippen LogP contribution in [0.4, 0.5) is 5.69 Å². The zero-order chi connectivity index (χ0) is 21.3. The van der Waals surface area contributed by atoms with Gasteiger partial charge in [-0.3, -0.25) is 9.59 Å². The maximum absolute atomic E-state index is 12.9. The van der Waals surface area contributed by atoms with E-state index in [2.05, 4.69) is 26.6 Å². The highest BCUT2D eigenvalue weighted by molar-refractivity contribution is 9.10. The molecule has 1 saturated heterocycles. The normalized spacial score (nSPS) is 17.0.